The molecule has 0 radical (unpaired) electrons. The van der Waals surface area contributed by atoms with Gasteiger partial charge in [0.15, 0.2) is 0 Å². The monoisotopic (exact) mass is 236 g/mol. The van der Waals surface area contributed by atoms with Gasteiger partial charge in [-0.15, -0.1) is 0 Å². The Morgan fingerprint density at radius 1 is 1.59 bits per heavy atom. The third-order valence-electron chi connectivity index (χ3n) is 3.51. The van der Waals surface area contributed by atoms with Crippen molar-refractivity contribution in [2.24, 2.45) is 0 Å². The number of aromatic nitrogens is 2. The number of hydrogen-bond acceptors (Lipinski definition) is 3. The van der Waals surface area contributed by atoms with Crippen LogP contribution in [0.15, 0.2) is 12.3 Å². The number of hydrogen-bond donors (Lipinski definition) is 1. The number of likely N-dealkylation sites (N-methyl/N-ethyl adjacent to an activating group) is 1. The predicted octanol–water partition coefficient (Wildman–Crippen LogP) is 1.65. The van der Waals surface area contributed by atoms with Gasteiger partial charge in [-0.1, -0.05) is 6.92 Å². The first-order chi connectivity index (χ1) is 8.20. The summed E-state index contributed by atoms with van der Waals surface area (Å²) in [6, 6.07) is 3.28. The van der Waals surface area contributed by atoms with Crippen LogP contribution in [-0.4, -0.2) is 40.4 Å². The Morgan fingerprint density at radius 2 is 2.41 bits per heavy atom. The molecule has 1 saturated heterocycles. The molecule has 1 atom stereocenters. The zero-order valence-corrected chi connectivity index (χ0v) is 11.2. The molecule has 0 aliphatic carbocycles. The molecule has 2 rings (SSSR count). The van der Waals surface area contributed by atoms with E-state index in [4.69, 9.17) is 0 Å². The van der Waals surface area contributed by atoms with Crippen LogP contribution in [0.25, 0.3) is 0 Å². The number of nitrogens with zero attached hydrogens (tertiary/aromatic N) is 3. The summed E-state index contributed by atoms with van der Waals surface area (Å²) in [7, 11) is 0. The summed E-state index contributed by atoms with van der Waals surface area (Å²) in [5, 5.41) is 8.05. The molecule has 2 heterocycles. The van der Waals surface area contributed by atoms with Gasteiger partial charge in [-0.05, 0) is 39.4 Å². The van der Waals surface area contributed by atoms with Crippen molar-refractivity contribution >= 4 is 0 Å². The molecule has 1 N–H and O–H groups in total. The van der Waals surface area contributed by atoms with Crippen molar-refractivity contribution in [3.63, 3.8) is 0 Å². The highest BCUT2D eigenvalue weighted by molar-refractivity contribution is 5.00. The second kappa shape index (κ2) is 5.65. The van der Waals surface area contributed by atoms with Gasteiger partial charge in [0.1, 0.15) is 0 Å². The summed E-state index contributed by atoms with van der Waals surface area (Å²) in [6.07, 6.45) is 3.35. The highest BCUT2D eigenvalue weighted by atomic mass is 15.3. The molecule has 0 aromatic carbocycles. The van der Waals surface area contributed by atoms with Crippen molar-refractivity contribution in [2.75, 3.05) is 19.6 Å². The Morgan fingerprint density at radius 3 is 2.94 bits per heavy atom. The Bertz CT molecular complexity index is 339. The third kappa shape index (κ3) is 3.07. The largest absolute Gasteiger partial charge is 0.315 e. The van der Waals surface area contributed by atoms with Gasteiger partial charge in [-0.3, -0.25) is 9.58 Å². The Labute approximate surface area is 104 Å². The minimum atomic E-state index is 0.451. The molecular formula is C13H24N4. The zero-order chi connectivity index (χ0) is 12.3. The molecule has 0 amide bonds. The molecule has 96 valence electrons. The lowest BCUT2D eigenvalue weighted by molar-refractivity contribution is 0.207. The zero-order valence-electron chi connectivity index (χ0n) is 11.2. The summed E-state index contributed by atoms with van der Waals surface area (Å²) in [4.78, 5) is 2.52. The molecule has 1 fully saturated rings. The summed E-state index contributed by atoms with van der Waals surface area (Å²) in [5.74, 6) is 0. The molecule has 1 unspecified atom stereocenters. The topological polar surface area (TPSA) is 33.1 Å². The van der Waals surface area contributed by atoms with Gasteiger partial charge in [0, 0.05) is 31.4 Å². The third-order valence-corrected chi connectivity index (χ3v) is 3.51. The van der Waals surface area contributed by atoms with E-state index in [0.717, 1.165) is 26.2 Å². The highest BCUT2D eigenvalue weighted by Crippen LogP contribution is 2.13. The van der Waals surface area contributed by atoms with E-state index >= 15 is 0 Å². The fourth-order valence-corrected chi connectivity index (χ4v) is 2.41. The molecule has 17 heavy (non-hydrogen) atoms. The van der Waals surface area contributed by atoms with Gasteiger partial charge in [0.25, 0.3) is 0 Å². The molecule has 0 saturated carbocycles. The van der Waals surface area contributed by atoms with E-state index in [1.807, 2.05) is 4.68 Å². The van der Waals surface area contributed by atoms with Crippen LogP contribution in [0, 0.1) is 0 Å². The van der Waals surface area contributed by atoms with Crippen molar-refractivity contribution < 1.29 is 0 Å². The summed E-state index contributed by atoms with van der Waals surface area (Å²) >= 11 is 0. The van der Waals surface area contributed by atoms with Crippen molar-refractivity contribution in [1.29, 1.82) is 0 Å². The van der Waals surface area contributed by atoms with Crippen LogP contribution in [0.3, 0.4) is 0 Å². The average molecular weight is 236 g/mol. The van der Waals surface area contributed by atoms with E-state index in [1.54, 1.807) is 0 Å². The maximum absolute atomic E-state index is 4.62. The molecule has 0 spiro atoms. The van der Waals surface area contributed by atoms with Crippen LogP contribution >= 0.6 is 0 Å². The summed E-state index contributed by atoms with van der Waals surface area (Å²) < 4.78 is 2.04. The average Bonchev–Trinajstić information content (AvgIpc) is 2.96. The summed E-state index contributed by atoms with van der Waals surface area (Å²) in [5.41, 5.74) is 1.19. The first-order valence-corrected chi connectivity index (χ1v) is 6.69. The van der Waals surface area contributed by atoms with Crippen molar-refractivity contribution in [1.82, 2.24) is 20.0 Å². The molecule has 1 aromatic heterocycles. The lowest BCUT2D eigenvalue weighted by atomic mass is 10.2. The van der Waals surface area contributed by atoms with E-state index in [0.29, 0.717) is 12.1 Å². The van der Waals surface area contributed by atoms with E-state index < -0.39 is 0 Å². The van der Waals surface area contributed by atoms with E-state index in [2.05, 4.69) is 48.3 Å². The second-order valence-corrected chi connectivity index (χ2v) is 5.09. The van der Waals surface area contributed by atoms with Crippen LogP contribution < -0.4 is 5.32 Å². The number of nitrogens with one attached hydrogen (secondary N) is 1. The fourth-order valence-electron chi connectivity index (χ4n) is 2.41. The van der Waals surface area contributed by atoms with Crippen molar-refractivity contribution in [2.45, 2.75) is 45.8 Å². The van der Waals surface area contributed by atoms with Crippen LogP contribution in [0.5, 0.6) is 0 Å². The van der Waals surface area contributed by atoms with Crippen LogP contribution in [0.1, 0.15) is 38.9 Å². The molecule has 4 nitrogen and oxygen atoms in total. The van der Waals surface area contributed by atoms with Gasteiger partial charge in [0.2, 0.25) is 0 Å². The highest BCUT2D eigenvalue weighted by Gasteiger charge is 2.21. The van der Waals surface area contributed by atoms with E-state index in [1.165, 1.54) is 12.1 Å². The predicted molar refractivity (Wildman–Crippen MR) is 70.0 cm³/mol. The van der Waals surface area contributed by atoms with Gasteiger partial charge in [-0.25, -0.2) is 0 Å². The Balaban J connectivity index is 1.97. The standard InChI is InChI=1S/C13H24N4/c1-4-16(13-5-7-14-9-13)10-12-6-8-17(15-12)11(2)3/h6,8,11,13-14H,4-5,7,9-10H2,1-3H3. The normalized spacial score (nSPS) is 20.6. The van der Waals surface area contributed by atoms with Crippen molar-refractivity contribution in [3.05, 3.63) is 18.0 Å². The van der Waals surface area contributed by atoms with Gasteiger partial charge >= 0.3 is 0 Å². The second-order valence-electron chi connectivity index (χ2n) is 5.09. The van der Waals surface area contributed by atoms with Gasteiger partial charge in [-0.2, -0.15) is 5.10 Å². The van der Waals surface area contributed by atoms with Gasteiger partial charge < -0.3 is 5.32 Å². The van der Waals surface area contributed by atoms with Crippen LogP contribution in [0.2, 0.25) is 0 Å². The fraction of sp³-hybridized carbons (Fsp3) is 0.769. The molecule has 0 bridgehead atoms. The molecule has 1 aliphatic heterocycles. The van der Waals surface area contributed by atoms with Crippen LogP contribution in [0.4, 0.5) is 0 Å². The molecule has 1 aliphatic rings. The minimum Gasteiger partial charge on any atom is -0.315 e. The van der Waals surface area contributed by atoms with Crippen molar-refractivity contribution in [3.8, 4) is 0 Å². The lowest BCUT2D eigenvalue weighted by Crippen LogP contribution is -2.36. The quantitative estimate of drug-likeness (QED) is 0.844. The maximum Gasteiger partial charge on any atom is 0.0765 e. The smallest absolute Gasteiger partial charge is 0.0765 e. The Kier molecular flexibility index (Phi) is 4.18. The molecule has 1 aromatic rings. The Hall–Kier alpha value is -0.870. The van der Waals surface area contributed by atoms with E-state index in [9.17, 15) is 0 Å². The van der Waals surface area contributed by atoms with E-state index in [-0.39, 0.29) is 0 Å². The number of rotatable bonds is 5. The maximum atomic E-state index is 4.62. The van der Waals surface area contributed by atoms with Crippen LogP contribution in [-0.2, 0) is 6.54 Å². The molecule has 4 heteroatoms. The molecular weight excluding hydrogens is 212 g/mol. The first-order valence-electron chi connectivity index (χ1n) is 6.69. The SMILES string of the molecule is CCN(Cc1ccn(C(C)C)n1)C1CCNC1. The minimum absolute atomic E-state index is 0.451. The summed E-state index contributed by atoms with van der Waals surface area (Å²) in [6.45, 7) is 10.9. The van der Waals surface area contributed by atoms with Gasteiger partial charge in [0.05, 0.1) is 5.69 Å². The lowest BCUT2D eigenvalue weighted by Gasteiger charge is -2.25. The first kappa shape index (κ1) is 12.6.